The Labute approximate surface area is 172 Å². The average molecular weight is 410 g/mol. The van der Waals surface area contributed by atoms with Gasteiger partial charge in [-0.15, -0.1) is 0 Å². The van der Waals surface area contributed by atoms with E-state index >= 15 is 0 Å². The van der Waals surface area contributed by atoms with Gasteiger partial charge in [0.25, 0.3) is 0 Å². The molecule has 1 aliphatic rings. The second kappa shape index (κ2) is 8.50. The molecule has 3 aromatic rings. The minimum atomic E-state index is -0.694. The number of halogens is 2. The third kappa shape index (κ3) is 3.84. The number of nitrogens with zero attached hydrogens (tertiary/aromatic N) is 6. The summed E-state index contributed by atoms with van der Waals surface area (Å²) in [5.74, 6) is -0.305. The lowest BCUT2D eigenvalue weighted by atomic mass is 10.2. The first kappa shape index (κ1) is 19.8. The summed E-state index contributed by atoms with van der Waals surface area (Å²) in [6.07, 6.45) is 6.47. The summed E-state index contributed by atoms with van der Waals surface area (Å²) < 4.78 is 35.0. The monoisotopic (exact) mass is 410 g/mol. The van der Waals surface area contributed by atoms with Crippen molar-refractivity contribution in [2.24, 2.45) is 4.99 Å². The van der Waals surface area contributed by atoms with Gasteiger partial charge in [-0.05, 0) is 31.9 Å². The van der Waals surface area contributed by atoms with Crippen molar-refractivity contribution in [3.63, 3.8) is 0 Å². The van der Waals surface area contributed by atoms with E-state index in [2.05, 4.69) is 26.7 Å². The second-order valence-corrected chi connectivity index (χ2v) is 6.71. The highest BCUT2D eigenvalue weighted by Gasteiger charge is 2.20. The SMILES string of the molecule is C=N/C=C\c1nc(-c2cnc(N3CCOCC3)nc2)n(-c2ccc(F)cc2F)c1C. The van der Waals surface area contributed by atoms with Gasteiger partial charge in [0.2, 0.25) is 5.95 Å². The second-order valence-electron chi connectivity index (χ2n) is 6.71. The van der Waals surface area contributed by atoms with Crippen LogP contribution in [-0.2, 0) is 4.74 Å². The number of rotatable bonds is 5. The Morgan fingerprint density at radius 3 is 2.57 bits per heavy atom. The van der Waals surface area contributed by atoms with E-state index in [9.17, 15) is 8.78 Å². The van der Waals surface area contributed by atoms with E-state index in [1.165, 1.54) is 18.3 Å². The summed E-state index contributed by atoms with van der Waals surface area (Å²) in [6, 6.07) is 3.43. The molecular weight excluding hydrogens is 390 g/mol. The summed E-state index contributed by atoms with van der Waals surface area (Å²) in [7, 11) is 0. The van der Waals surface area contributed by atoms with E-state index in [4.69, 9.17) is 4.74 Å². The van der Waals surface area contributed by atoms with Crippen LogP contribution >= 0.6 is 0 Å². The van der Waals surface area contributed by atoms with Gasteiger partial charge in [-0.2, -0.15) is 0 Å². The molecule has 7 nitrogen and oxygen atoms in total. The quantitative estimate of drug-likeness (QED) is 0.603. The van der Waals surface area contributed by atoms with Gasteiger partial charge >= 0.3 is 0 Å². The van der Waals surface area contributed by atoms with E-state index in [0.717, 1.165) is 19.2 Å². The zero-order chi connectivity index (χ0) is 21.1. The molecule has 3 heterocycles. The van der Waals surface area contributed by atoms with E-state index in [0.29, 0.717) is 41.9 Å². The molecule has 9 heteroatoms. The molecule has 0 amide bonds. The largest absolute Gasteiger partial charge is 0.378 e. The summed E-state index contributed by atoms with van der Waals surface area (Å²) in [4.78, 5) is 19.3. The van der Waals surface area contributed by atoms with Crippen molar-refractivity contribution in [2.45, 2.75) is 6.92 Å². The van der Waals surface area contributed by atoms with Crippen LogP contribution in [0.3, 0.4) is 0 Å². The third-order valence-corrected chi connectivity index (χ3v) is 4.82. The fourth-order valence-corrected chi connectivity index (χ4v) is 3.31. The number of ether oxygens (including phenoxy) is 1. The van der Waals surface area contributed by atoms with Crippen LogP contribution in [0.15, 0.2) is 41.8 Å². The molecule has 0 saturated carbocycles. The standard InChI is InChI=1S/C21H20F2N6O/c1-14-18(5-6-24-2)27-20(29(14)19-4-3-16(22)11-17(19)23)15-12-25-21(26-13-15)28-7-9-30-10-8-28/h3-6,11-13H,2,7-10H2,1H3/b6-5-. The highest BCUT2D eigenvalue weighted by atomic mass is 19.1. The summed E-state index contributed by atoms with van der Waals surface area (Å²) >= 11 is 0. The first-order valence-corrected chi connectivity index (χ1v) is 9.40. The van der Waals surface area contributed by atoms with E-state index in [1.54, 1.807) is 30.0 Å². The number of hydrogen-bond acceptors (Lipinski definition) is 6. The lowest BCUT2D eigenvalue weighted by Crippen LogP contribution is -2.37. The van der Waals surface area contributed by atoms with Crippen molar-refractivity contribution in [3.8, 4) is 17.1 Å². The molecule has 0 N–H and O–H groups in total. The molecule has 0 radical (unpaired) electrons. The summed E-state index contributed by atoms with van der Waals surface area (Å²) in [5, 5.41) is 0. The smallest absolute Gasteiger partial charge is 0.225 e. The normalized spacial score (nSPS) is 14.4. The van der Waals surface area contributed by atoms with Crippen molar-refractivity contribution in [1.82, 2.24) is 19.5 Å². The average Bonchev–Trinajstić information content (AvgIpc) is 3.09. The Kier molecular flexibility index (Phi) is 5.62. The predicted octanol–water partition coefficient (Wildman–Crippen LogP) is 3.42. The van der Waals surface area contributed by atoms with Crippen molar-refractivity contribution in [1.29, 1.82) is 0 Å². The van der Waals surface area contributed by atoms with Crippen LogP contribution in [0, 0.1) is 18.6 Å². The molecule has 1 fully saturated rings. The van der Waals surface area contributed by atoms with Gasteiger partial charge in [-0.3, -0.25) is 9.56 Å². The van der Waals surface area contributed by atoms with Crippen LogP contribution in [-0.4, -0.2) is 52.5 Å². The lowest BCUT2D eigenvalue weighted by molar-refractivity contribution is 0.122. The molecule has 1 aromatic carbocycles. The fourth-order valence-electron chi connectivity index (χ4n) is 3.31. The molecule has 30 heavy (non-hydrogen) atoms. The number of hydrogen-bond donors (Lipinski definition) is 0. The maximum atomic E-state index is 14.6. The Bertz CT molecular complexity index is 1090. The van der Waals surface area contributed by atoms with Gasteiger partial charge in [0.15, 0.2) is 0 Å². The predicted molar refractivity (Wildman–Crippen MR) is 111 cm³/mol. The zero-order valence-corrected chi connectivity index (χ0v) is 16.4. The van der Waals surface area contributed by atoms with Crippen LogP contribution < -0.4 is 4.90 Å². The number of imidazole rings is 1. The van der Waals surface area contributed by atoms with Crippen LogP contribution in [0.1, 0.15) is 11.4 Å². The number of morpholine rings is 1. The maximum Gasteiger partial charge on any atom is 0.225 e. The first-order chi connectivity index (χ1) is 14.6. The highest BCUT2D eigenvalue weighted by Crippen LogP contribution is 2.28. The molecule has 0 unspecified atom stereocenters. The van der Waals surface area contributed by atoms with Crippen molar-refractivity contribution in [2.75, 3.05) is 31.2 Å². The van der Waals surface area contributed by atoms with E-state index in [-0.39, 0.29) is 5.69 Å². The Hall–Kier alpha value is -3.46. The minimum absolute atomic E-state index is 0.180. The molecule has 0 spiro atoms. The van der Waals surface area contributed by atoms with Crippen molar-refractivity contribution >= 4 is 18.7 Å². The van der Waals surface area contributed by atoms with Gasteiger partial charge in [0.05, 0.1) is 30.2 Å². The van der Waals surface area contributed by atoms with Crippen LogP contribution in [0.5, 0.6) is 0 Å². The molecular formula is C21H20F2N6O. The first-order valence-electron chi connectivity index (χ1n) is 9.40. The molecule has 2 aromatic heterocycles. The van der Waals surface area contributed by atoms with E-state index < -0.39 is 11.6 Å². The number of aromatic nitrogens is 4. The topological polar surface area (TPSA) is 68.4 Å². The minimum Gasteiger partial charge on any atom is -0.378 e. The zero-order valence-electron chi connectivity index (χ0n) is 16.4. The molecule has 4 rings (SSSR count). The maximum absolute atomic E-state index is 14.6. The number of anilines is 1. The van der Waals surface area contributed by atoms with Gasteiger partial charge in [-0.1, -0.05) is 0 Å². The third-order valence-electron chi connectivity index (χ3n) is 4.82. The molecule has 154 valence electrons. The molecule has 1 saturated heterocycles. The fraction of sp³-hybridized carbons (Fsp3) is 0.238. The summed E-state index contributed by atoms with van der Waals surface area (Å²) in [5.41, 5.74) is 2.02. The van der Waals surface area contributed by atoms with Crippen molar-refractivity contribution < 1.29 is 13.5 Å². The number of benzene rings is 1. The molecule has 1 aliphatic heterocycles. The van der Waals surface area contributed by atoms with Gasteiger partial charge in [-0.25, -0.2) is 23.7 Å². The van der Waals surface area contributed by atoms with Crippen LogP contribution in [0.4, 0.5) is 14.7 Å². The van der Waals surface area contributed by atoms with Crippen LogP contribution in [0.2, 0.25) is 0 Å². The van der Waals surface area contributed by atoms with Crippen molar-refractivity contribution in [3.05, 3.63) is 59.8 Å². The highest BCUT2D eigenvalue weighted by molar-refractivity contribution is 5.64. The van der Waals surface area contributed by atoms with Gasteiger partial charge in [0.1, 0.15) is 17.5 Å². The summed E-state index contributed by atoms with van der Waals surface area (Å²) in [6.45, 7) is 7.92. The lowest BCUT2D eigenvalue weighted by Gasteiger charge is -2.26. The van der Waals surface area contributed by atoms with Gasteiger partial charge < -0.3 is 9.64 Å². The van der Waals surface area contributed by atoms with Crippen LogP contribution in [0.25, 0.3) is 23.2 Å². The molecule has 0 aliphatic carbocycles. The van der Waals surface area contributed by atoms with Gasteiger partial charge in [0, 0.05) is 43.4 Å². The van der Waals surface area contributed by atoms with E-state index in [1.807, 2.05) is 4.90 Å². The molecule has 0 atom stereocenters. The Morgan fingerprint density at radius 1 is 1.17 bits per heavy atom. The Morgan fingerprint density at radius 2 is 1.90 bits per heavy atom. The molecule has 0 bridgehead atoms. The Balaban J connectivity index is 1.80. The number of aliphatic imine (C=N–C) groups is 1.